The minimum atomic E-state index is -4.92. The quantitative estimate of drug-likeness (QED) is 0.785. The predicted octanol–water partition coefficient (Wildman–Crippen LogP) is 3.36. The molecule has 1 aromatic rings. The van der Waals surface area contributed by atoms with E-state index >= 15 is 0 Å². The molecule has 0 saturated heterocycles. The topological polar surface area (TPSA) is 20.2 Å². The van der Waals surface area contributed by atoms with Crippen molar-refractivity contribution in [3.8, 4) is 0 Å². The van der Waals surface area contributed by atoms with Crippen LogP contribution in [0.25, 0.3) is 0 Å². The van der Waals surface area contributed by atoms with Crippen LogP contribution in [0.3, 0.4) is 0 Å². The lowest BCUT2D eigenvalue weighted by atomic mass is 9.95. The van der Waals surface area contributed by atoms with Crippen molar-refractivity contribution in [3.05, 3.63) is 34.1 Å². The van der Waals surface area contributed by atoms with Gasteiger partial charge in [0.2, 0.25) is 0 Å². The van der Waals surface area contributed by atoms with Crippen molar-refractivity contribution < 1.29 is 22.7 Å². The minimum absolute atomic E-state index is 0.307. The van der Waals surface area contributed by atoms with Crippen LogP contribution in [0.2, 0.25) is 0 Å². The van der Waals surface area contributed by atoms with E-state index in [1.807, 2.05) is 0 Å². The Kier molecular flexibility index (Phi) is 3.11. The van der Waals surface area contributed by atoms with Crippen LogP contribution in [0.5, 0.6) is 0 Å². The summed E-state index contributed by atoms with van der Waals surface area (Å²) in [6.45, 7) is 0.513. The molecule has 1 aromatic carbocycles. The number of halogens is 5. The Hall–Kier alpha value is -0.620. The maximum absolute atomic E-state index is 13.2. The highest BCUT2D eigenvalue weighted by molar-refractivity contribution is 9.10. The molecule has 0 radical (unpaired) electrons. The lowest BCUT2D eigenvalue weighted by Gasteiger charge is -2.27. The smallest absolute Gasteiger partial charge is 0.376 e. The maximum atomic E-state index is 13.2. The zero-order valence-electron chi connectivity index (χ0n) is 7.57. The molecule has 0 saturated carbocycles. The van der Waals surface area contributed by atoms with Crippen molar-refractivity contribution in [2.45, 2.75) is 18.7 Å². The third kappa shape index (κ3) is 2.31. The highest BCUT2D eigenvalue weighted by atomic mass is 79.9. The number of hydrogen-bond acceptors (Lipinski definition) is 1. The molecule has 1 N–H and O–H groups in total. The van der Waals surface area contributed by atoms with Gasteiger partial charge >= 0.3 is 6.18 Å². The summed E-state index contributed by atoms with van der Waals surface area (Å²) in [5.74, 6) is -1.10. The van der Waals surface area contributed by atoms with Crippen LogP contribution in [0, 0.1) is 5.82 Å². The predicted molar refractivity (Wildman–Crippen MR) is 49.7 cm³/mol. The fraction of sp³-hybridized carbons (Fsp3) is 0.333. The molecular weight excluding hydrogens is 280 g/mol. The van der Waals surface area contributed by atoms with E-state index in [1.54, 1.807) is 0 Å². The first-order valence-corrected chi connectivity index (χ1v) is 4.70. The molecule has 0 bridgehead atoms. The second kappa shape index (κ2) is 3.75. The Morgan fingerprint density at radius 3 is 2.20 bits per heavy atom. The third-order valence-corrected chi connectivity index (χ3v) is 2.50. The Morgan fingerprint density at radius 2 is 1.80 bits per heavy atom. The molecule has 0 aliphatic heterocycles. The first-order chi connectivity index (χ1) is 6.66. The SMILES string of the molecule is C[C@@](O)(c1ccc(Br)cc1F)C(F)(F)F. The standard InChI is InChI=1S/C9H7BrF4O/c1-8(15,9(12,13)14)6-3-2-5(10)4-7(6)11/h2-4,15H,1H3/t8-/m1/s1. The third-order valence-electron chi connectivity index (χ3n) is 2.01. The van der Waals surface area contributed by atoms with Gasteiger partial charge in [0, 0.05) is 10.0 Å². The van der Waals surface area contributed by atoms with Crippen LogP contribution in [-0.2, 0) is 5.60 Å². The molecule has 0 amide bonds. The molecule has 0 aliphatic rings. The Balaban J connectivity index is 3.28. The number of rotatable bonds is 1. The van der Waals surface area contributed by atoms with Gasteiger partial charge in [-0.25, -0.2) is 4.39 Å². The molecule has 0 unspecified atom stereocenters. The monoisotopic (exact) mass is 286 g/mol. The summed E-state index contributed by atoms with van der Waals surface area (Å²) in [6.07, 6.45) is -4.92. The molecule has 84 valence electrons. The van der Waals surface area contributed by atoms with Gasteiger partial charge in [-0.1, -0.05) is 22.0 Å². The summed E-state index contributed by atoms with van der Waals surface area (Å²) in [6, 6.07) is 3.00. The minimum Gasteiger partial charge on any atom is -0.376 e. The highest BCUT2D eigenvalue weighted by Gasteiger charge is 2.52. The van der Waals surface area contributed by atoms with Gasteiger partial charge in [-0.05, 0) is 19.1 Å². The molecular formula is C9H7BrF4O. The second-order valence-corrected chi connectivity index (χ2v) is 4.11. The van der Waals surface area contributed by atoms with Gasteiger partial charge in [-0.15, -0.1) is 0 Å². The number of benzene rings is 1. The molecule has 1 rings (SSSR count). The summed E-state index contributed by atoms with van der Waals surface area (Å²) in [7, 11) is 0. The number of hydrogen-bond donors (Lipinski definition) is 1. The van der Waals surface area contributed by atoms with E-state index in [9.17, 15) is 22.7 Å². The van der Waals surface area contributed by atoms with E-state index < -0.39 is 23.2 Å². The van der Waals surface area contributed by atoms with Gasteiger partial charge in [0.25, 0.3) is 0 Å². The average molecular weight is 287 g/mol. The first-order valence-electron chi connectivity index (χ1n) is 3.91. The first kappa shape index (κ1) is 12.4. The molecule has 15 heavy (non-hydrogen) atoms. The van der Waals surface area contributed by atoms with Crippen molar-refractivity contribution in [1.29, 1.82) is 0 Å². The fourth-order valence-corrected chi connectivity index (χ4v) is 1.37. The van der Waals surface area contributed by atoms with E-state index in [0.29, 0.717) is 11.4 Å². The Labute approximate surface area is 91.9 Å². The maximum Gasteiger partial charge on any atom is 0.421 e. The van der Waals surface area contributed by atoms with Crippen LogP contribution in [0.1, 0.15) is 12.5 Å². The molecule has 0 spiro atoms. The molecule has 0 fully saturated rings. The fourth-order valence-electron chi connectivity index (χ4n) is 1.04. The summed E-state index contributed by atoms with van der Waals surface area (Å²) in [5, 5.41) is 9.21. The van der Waals surface area contributed by atoms with E-state index in [4.69, 9.17) is 0 Å². The Bertz CT molecular complexity index is 373. The van der Waals surface area contributed by atoms with Gasteiger partial charge in [0.1, 0.15) is 5.82 Å². The molecule has 0 heterocycles. The van der Waals surface area contributed by atoms with Gasteiger partial charge in [0.15, 0.2) is 5.60 Å². The molecule has 1 nitrogen and oxygen atoms in total. The summed E-state index contributed by atoms with van der Waals surface area (Å²) in [5.41, 5.74) is -3.98. The normalized spacial score (nSPS) is 16.2. The van der Waals surface area contributed by atoms with E-state index in [0.717, 1.165) is 12.1 Å². The number of aliphatic hydroxyl groups is 1. The van der Waals surface area contributed by atoms with Crippen LogP contribution in [-0.4, -0.2) is 11.3 Å². The van der Waals surface area contributed by atoms with Crippen molar-refractivity contribution >= 4 is 15.9 Å². The van der Waals surface area contributed by atoms with Crippen molar-refractivity contribution in [2.75, 3.05) is 0 Å². The Morgan fingerprint density at radius 1 is 1.27 bits per heavy atom. The lowest BCUT2D eigenvalue weighted by Crippen LogP contribution is -2.39. The largest absolute Gasteiger partial charge is 0.421 e. The lowest BCUT2D eigenvalue weighted by molar-refractivity contribution is -0.259. The molecule has 0 aromatic heterocycles. The average Bonchev–Trinajstić information content (AvgIpc) is 2.00. The van der Waals surface area contributed by atoms with Gasteiger partial charge < -0.3 is 5.11 Å². The summed E-state index contributed by atoms with van der Waals surface area (Å²) in [4.78, 5) is 0. The van der Waals surface area contributed by atoms with E-state index in [1.165, 1.54) is 6.07 Å². The summed E-state index contributed by atoms with van der Waals surface area (Å²) >= 11 is 2.91. The molecule has 1 atom stereocenters. The van der Waals surface area contributed by atoms with Crippen LogP contribution >= 0.6 is 15.9 Å². The van der Waals surface area contributed by atoms with E-state index in [-0.39, 0.29) is 0 Å². The van der Waals surface area contributed by atoms with Crippen molar-refractivity contribution in [1.82, 2.24) is 0 Å². The molecule has 6 heteroatoms. The van der Waals surface area contributed by atoms with Gasteiger partial charge in [0.05, 0.1) is 0 Å². The second-order valence-electron chi connectivity index (χ2n) is 3.19. The van der Waals surface area contributed by atoms with Crippen molar-refractivity contribution in [3.63, 3.8) is 0 Å². The van der Waals surface area contributed by atoms with Crippen LogP contribution < -0.4 is 0 Å². The van der Waals surface area contributed by atoms with E-state index in [2.05, 4.69) is 15.9 Å². The van der Waals surface area contributed by atoms with Crippen LogP contribution in [0.4, 0.5) is 17.6 Å². The van der Waals surface area contributed by atoms with Gasteiger partial charge in [-0.2, -0.15) is 13.2 Å². The zero-order chi connectivity index (χ0) is 11.9. The van der Waals surface area contributed by atoms with Gasteiger partial charge in [-0.3, -0.25) is 0 Å². The van der Waals surface area contributed by atoms with Crippen LogP contribution in [0.15, 0.2) is 22.7 Å². The highest BCUT2D eigenvalue weighted by Crippen LogP contribution is 2.39. The summed E-state index contributed by atoms with van der Waals surface area (Å²) < 4.78 is 50.6. The molecule has 0 aliphatic carbocycles. The van der Waals surface area contributed by atoms with Crippen molar-refractivity contribution in [2.24, 2.45) is 0 Å². The number of alkyl halides is 3. The zero-order valence-corrected chi connectivity index (χ0v) is 9.16.